The van der Waals surface area contributed by atoms with Crippen molar-refractivity contribution in [1.82, 2.24) is 15.0 Å². The van der Waals surface area contributed by atoms with Gasteiger partial charge in [-0.1, -0.05) is 6.07 Å². The second-order valence-corrected chi connectivity index (χ2v) is 5.84. The third-order valence-electron chi connectivity index (χ3n) is 2.90. The van der Waals surface area contributed by atoms with Crippen molar-refractivity contribution in [3.63, 3.8) is 0 Å². The van der Waals surface area contributed by atoms with Gasteiger partial charge >= 0.3 is 6.01 Å². The van der Waals surface area contributed by atoms with Crippen LogP contribution in [0.2, 0.25) is 0 Å². The van der Waals surface area contributed by atoms with Crippen LogP contribution in [-0.2, 0) is 4.79 Å². The number of aromatic nitrogens is 3. The highest BCUT2D eigenvalue weighted by Gasteiger charge is 2.03. The minimum Gasteiger partial charge on any atom is -0.424 e. The molecule has 1 amide bonds. The van der Waals surface area contributed by atoms with Crippen molar-refractivity contribution >= 4 is 29.0 Å². The largest absolute Gasteiger partial charge is 0.424 e. The summed E-state index contributed by atoms with van der Waals surface area (Å²) in [6.07, 6.45) is 6.32. The summed E-state index contributed by atoms with van der Waals surface area (Å²) in [4.78, 5) is 24.2. The van der Waals surface area contributed by atoms with E-state index >= 15 is 0 Å². The molecule has 0 bridgehead atoms. The van der Waals surface area contributed by atoms with Crippen LogP contribution in [0.5, 0.6) is 11.8 Å². The van der Waals surface area contributed by atoms with Gasteiger partial charge in [0.25, 0.3) is 0 Å². The van der Waals surface area contributed by atoms with E-state index in [1.54, 1.807) is 60.1 Å². The number of amides is 1. The summed E-state index contributed by atoms with van der Waals surface area (Å²) >= 11 is 1.54. The lowest BCUT2D eigenvalue weighted by atomic mass is 10.3. The van der Waals surface area contributed by atoms with Crippen LogP contribution in [0, 0.1) is 6.92 Å². The van der Waals surface area contributed by atoms with Gasteiger partial charge in [-0.05, 0) is 31.2 Å². The molecule has 0 atom stereocenters. The molecule has 0 aliphatic heterocycles. The van der Waals surface area contributed by atoms with Crippen molar-refractivity contribution in [3.8, 4) is 11.8 Å². The van der Waals surface area contributed by atoms with Crippen molar-refractivity contribution in [2.75, 3.05) is 5.32 Å². The Labute approximate surface area is 142 Å². The molecule has 0 aliphatic carbocycles. The van der Waals surface area contributed by atoms with Gasteiger partial charge in [0.1, 0.15) is 5.75 Å². The van der Waals surface area contributed by atoms with Crippen LogP contribution in [0.1, 0.15) is 10.7 Å². The molecule has 24 heavy (non-hydrogen) atoms. The quantitative estimate of drug-likeness (QED) is 0.718. The molecule has 3 aromatic rings. The molecule has 6 nitrogen and oxygen atoms in total. The summed E-state index contributed by atoms with van der Waals surface area (Å²) in [6.45, 7) is 1.92. The van der Waals surface area contributed by atoms with Crippen molar-refractivity contribution in [2.45, 2.75) is 6.92 Å². The number of carbonyl (C=O) groups excluding carboxylic acids is 1. The Balaban J connectivity index is 1.63. The highest BCUT2D eigenvalue weighted by Crippen LogP contribution is 2.21. The zero-order valence-corrected chi connectivity index (χ0v) is 13.7. The van der Waals surface area contributed by atoms with E-state index in [1.807, 2.05) is 12.3 Å². The second kappa shape index (κ2) is 7.47. The lowest BCUT2D eigenvalue weighted by molar-refractivity contribution is -0.111. The fraction of sp³-hybridized carbons (Fsp3) is 0.0588. The first-order chi connectivity index (χ1) is 11.7. The van der Waals surface area contributed by atoms with E-state index in [9.17, 15) is 4.79 Å². The van der Waals surface area contributed by atoms with Gasteiger partial charge in [0.15, 0.2) is 0 Å². The number of carbonyl (C=O) groups is 1. The number of benzene rings is 1. The van der Waals surface area contributed by atoms with Gasteiger partial charge in [0.05, 0.1) is 10.7 Å². The SMILES string of the molecule is Cc1nc(/C=C\C(=O)Nc2cccc(Oc3ncccn3)c2)cs1. The Morgan fingerprint density at radius 3 is 2.83 bits per heavy atom. The van der Waals surface area contributed by atoms with Crippen LogP contribution < -0.4 is 10.1 Å². The molecule has 1 aromatic carbocycles. The van der Waals surface area contributed by atoms with Crippen LogP contribution >= 0.6 is 11.3 Å². The normalized spacial score (nSPS) is 10.7. The topological polar surface area (TPSA) is 77.0 Å². The van der Waals surface area contributed by atoms with E-state index in [0.29, 0.717) is 11.4 Å². The third kappa shape index (κ3) is 4.47. The number of aryl methyl sites for hydroxylation is 1. The Morgan fingerprint density at radius 1 is 1.25 bits per heavy atom. The van der Waals surface area contributed by atoms with E-state index in [-0.39, 0.29) is 11.9 Å². The lowest BCUT2D eigenvalue weighted by Crippen LogP contribution is -2.07. The first-order valence-electron chi connectivity index (χ1n) is 7.15. The summed E-state index contributed by atoms with van der Waals surface area (Å²) < 4.78 is 5.53. The number of hydrogen-bond donors (Lipinski definition) is 1. The number of thiazole rings is 1. The standard InChI is InChI=1S/C17H14N4O2S/c1-12-20-14(11-24-12)6-7-16(22)21-13-4-2-5-15(10-13)23-17-18-8-3-9-19-17/h2-11H,1H3,(H,21,22)/b7-6-. The molecule has 0 unspecified atom stereocenters. The Morgan fingerprint density at radius 2 is 2.08 bits per heavy atom. The molecular formula is C17H14N4O2S. The van der Waals surface area contributed by atoms with Gasteiger partial charge in [0.2, 0.25) is 5.91 Å². The maximum absolute atomic E-state index is 12.0. The van der Waals surface area contributed by atoms with Crippen LogP contribution in [0.25, 0.3) is 6.08 Å². The molecule has 0 saturated heterocycles. The third-order valence-corrected chi connectivity index (χ3v) is 3.69. The Bertz CT molecular complexity index is 862. The summed E-state index contributed by atoms with van der Waals surface area (Å²) in [5.74, 6) is 0.298. The molecule has 1 N–H and O–H groups in total. The molecular weight excluding hydrogens is 324 g/mol. The van der Waals surface area contributed by atoms with Gasteiger partial charge in [-0.15, -0.1) is 11.3 Å². The number of nitrogens with zero attached hydrogens (tertiary/aromatic N) is 3. The van der Waals surface area contributed by atoms with Gasteiger partial charge in [-0.3, -0.25) is 4.79 Å². The number of rotatable bonds is 5. The van der Waals surface area contributed by atoms with Gasteiger partial charge in [0, 0.05) is 35.6 Å². The first-order valence-corrected chi connectivity index (χ1v) is 8.03. The molecule has 120 valence electrons. The van der Waals surface area contributed by atoms with E-state index in [1.165, 1.54) is 6.08 Å². The minimum absolute atomic E-state index is 0.242. The summed E-state index contributed by atoms with van der Waals surface area (Å²) in [5, 5.41) is 5.63. The zero-order valence-electron chi connectivity index (χ0n) is 12.8. The number of anilines is 1. The molecule has 0 fully saturated rings. The Hall–Kier alpha value is -3.06. The van der Waals surface area contributed by atoms with Gasteiger partial charge < -0.3 is 10.1 Å². The van der Waals surface area contributed by atoms with E-state index < -0.39 is 0 Å². The average Bonchev–Trinajstić information content (AvgIpc) is 3.00. The maximum Gasteiger partial charge on any atom is 0.321 e. The Kier molecular flexibility index (Phi) is 4.93. The molecule has 0 radical (unpaired) electrons. The second-order valence-electron chi connectivity index (χ2n) is 4.78. The van der Waals surface area contributed by atoms with Crippen molar-refractivity contribution in [1.29, 1.82) is 0 Å². The molecule has 0 aliphatic rings. The predicted octanol–water partition coefficient (Wildman–Crippen LogP) is 3.69. The van der Waals surface area contributed by atoms with E-state index in [4.69, 9.17) is 4.74 Å². The predicted molar refractivity (Wildman–Crippen MR) is 93.1 cm³/mol. The number of hydrogen-bond acceptors (Lipinski definition) is 6. The molecule has 2 heterocycles. The molecule has 2 aromatic heterocycles. The van der Waals surface area contributed by atoms with Gasteiger partial charge in [-0.25, -0.2) is 15.0 Å². The van der Waals surface area contributed by atoms with Gasteiger partial charge in [-0.2, -0.15) is 0 Å². The fourth-order valence-electron chi connectivity index (χ4n) is 1.88. The van der Waals surface area contributed by atoms with E-state index in [0.717, 1.165) is 10.7 Å². The fourth-order valence-corrected chi connectivity index (χ4v) is 2.46. The molecule has 0 saturated carbocycles. The first kappa shape index (κ1) is 15.8. The molecule has 0 spiro atoms. The molecule has 7 heteroatoms. The van der Waals surface area contributed by atoms with E-state index in [2.05, 4.69) is 20.3 Å². The van der Waals surface area contributed by atoms with Crippen LogP contribution in [0.3, 0.4) is 0 Å². The number of nitrogens with one attached hydrogen (secondary N) is 1. The number of ether oxygens (including phenoxy) is 1. The smallest absolute Gasteiger partial charge is 0.321 e. The highest BCUT2D eigenvalue weighted by molar-refractivity contribution is 7.09. The zero-order chi connectivity index (χ0) is 16.8. The van der Waals surface area contributed by atoms with Crippen molar-refractivity contribution in [2.24, 2.45) is 0 Å². The van der Waals surface area contributed by atoms with Crippen LogP contribution in [0.15, 0.2) is 54.2 Å². The maximum atomic E-state index is 12.0. The minimum atomic E-state index is -0.242. The van der Waals surface area contributed by atoms with Crippen molar-refractivity contribution < 1.29 is 9.53 Å². The molecule has 3 rings (SSSR count). The van der Waals surface area contributed by atoms with Crippen LogP contribution in [0.4, 0.5) is 5.69 Å². The summed E-state index contributed by atoms with van der Waals surface area (Å²) in [6, 6.07) is 8.98. The highest BCUT2D eigenvalue weighted by atomic mass is 32.1. The summed E-state index contributed by atoms with van der Waals surface area (Å²) in [7, 11) is 0. The monoisotopic (exact) mass is 338 g/mol. The van der Waals surface area contributed by atoms with Crippen LogP contribution in [-0.4, -0.2) is 20.9 Å². The summed E-state index contributed by atoms with van der Waals surface area (Å²) in [5.41, 5.74) is 1.39. The average molecular weight is 338 g/mol. The van der Waals surface area contributed by atoms with Crippen molar-refractivity contribution in [3.05, 3.63) is 64.9 Å². The lowest BCUT2D eigenvalue weighted by Gasteiger charge is -2.06.